The highest BCUT2D eigenvalue weighted by Gasteiger charge is 2.17. The number of nitrogens with zero attached hydrogens (tertiary/aromatic N) is 5. The summed E-state index contributed by atoms with van der Waals surface area (Å²) in [5.74, 6) is 2.80. The summed E-state index contributed by atoms with van der Waals surface area (Å²) in [6.07, 6.45) is 10.7. The van der Waals surface area contributed by atoms with Gasteiger partial charge in [0.05, 0.1) is 6.54 Å². The van der Waals surface area contributed by atoms with E-state index in [4.69, 9.17) is 0 Å². The summed E-state index contributed by atoms with van der Waals surface area (Å²) in [7, 11) is 4.27. The van der Waals surface area contributed by atoms with Gasteiger partial charge >= 0.3 is 0 Å². The van der Waals surface area contributed by atoms with E-state index in [1.54, 1.807) is 11.8 Å². The van der Waals surface area contributed by atoms with Gasteiger partial charge in [0, 0.05) is 31.7 Å². The number of aromatic nitrogens is 4. The van der Waals surface area contributed by atoms with Crippen LogP contribution in [0.2, 0.25) is 0 Å². The summed E-state index contributed by atoms with van der Waals surface area (Å²) >= 11 is 1.73. The zero-order valence-corrected chi connectivity index (χ0v) is 15.5. The zero-order valence-electron chi connectivity index (χ0n) is 14.7. The van der Waals surface area contributed by atoms with Crippen molar-refractivity contribution >= 4 is 11.8 Å². The molecule has 0 aliphatic heterocycles. The molecule has 2 heterocycles. The predicted molar refractivity (Wildman–Crippen MR) is 97.7 cm³/mol. The van der Waals surface area contributed by atoms with E-state index in [0.717, 1.165) is 29.2 Å². The summed E-state index contributed by atoms with van der Waals surface area (Å²) < 4.78 is 2.13. The molecular weight excluding hydrogens is 318 g/mol. The topological polar surface area (TPSA) is 46.8 Å². The lowest BCUT2D eigenvalue weighted by atomic mass is 9.89. The Hall–Kier alpha value is -1.40. The standard InChI is InChI=1S/C18H27N5S/c1-22(12-15-6-4-3-5-7-15)13-17-20-21-18(23(17)2)24-14-16-8-10-19-11-9-16/h8-11,15H,3-7,12-14H2,1-2H3. The van der Waals surface area contributed by atoms with Gasteiger partial charge in [0.15, 0.2) is 5.16 Å². The highest BCUT2D eigenvalue weighted by Crippen LogP contribution is 2.25. The molecule has 2 aromatic heterocycles. The maximum atomic E-state index is 4.40. The fourth-order valence-electron chi connectivity index (χ4n) is 3.35. The van der Waals surface area contributed by atoms with Gasteiger partial charge in [-0.05, 0) is 43.5 Å². The fourth-order valence-corrected chi connectivity index (χ4v) is 4.24. The van der Waals surface area contributed by atoms with Gasteiger partial charge < -0.3 is 4.57 Å². The number of thioether (sulfide) groups is 1. The molecule has 1 saturated carbocycles. The Morgan fingerprint density at radius 1 is 1.17 bits per heavy atom. The Morgan fingerprint density at radius 3 is 2.67 bits per heavy atom. The summed E-state index contributed by atoms with van der Waals surface area (Å²) in [5, 5.41) is 9.74. The number of hydrogen-bond acceptors (Lipinski definition) is 5. The molecule has 130 valence electrons. The van der Waals surface area contributed by atoms with E-state index in [1.165, 1.54) is 44.2 Å². The molecule has 24 heavy (non-hydrogen) atoms. The molecule has 0 bridgehead atoms. The summed E-state index contributed by atoms with van der Waals surface area (Å²) in [5.41, 5.74) is 1.26. The molecule has 1 aliphatic carbocycles. The van der Waals surface area contributed by atoms with Crippen molar-refractivity contribution < 1.29 is 0 Å². The van der Waals surface area contributed by atoms with Crippen molar-refractivity contribution in [2.75, 3.05) is 13.6 Å². The molecule has 0 unspecified atom stereocenters. The largest absolute Gasteiger partial charge is 0.308 e. The van der Waals surface area contributed by atoms with Gasteiger partial charge in [-0.25, -0.2) is 0 Å². The van der Waals surface area contributed by atoms with Crippen LogP contribution in [0.1, 0.15) is 43.5 Å². The average molecular weight is 346 g/mol. The van der Waals surface area contributed by atoms with Gasteiger partial charge in [0.1, 0.15) is 5.82 Å². The molecule has 3 rings (SSSR count). The summed E-state index contributed by atoms with van der Waals surface area (Å²) in [6, 6.07) is 4.09. The van der Waals surface area contributed by atoms with Gasteiger partial charge in [-0.3, -0.25) is 9.88 Å². The van der Waals surface area contributed by atoms with Gasteiger partial charge in [-0.1, -0.05) is 31.0 Å². The lowest BCUT2D eigenvalue weighted by Crippen LogP contribution is -2.27. The minimum atomic E-state index is 0.859. The van der Waals surface area contributed by atoms with E-state index in [9.17, 15) is 0 Å². The third-order valence-electron chi connectivity index (χ3n) is 4.75. The molecular formula is C18H27N5S. The Kier molecular flexibility index (Phi) is 6.26. The first-order valence-electron chi connectivity index (χ1n) is 8.81. The molecule has 2 aromatic rings. The quantitative estimate of drug-likeness (QED) is 0.719. The number of rotatable bonds is 7. The van der Waals surface area contributed by atoms with Crippen LogP contribution in [-0.4, -0.2) is 38.2 Å². The van der Waals surface area contributed by atoms with Crippen molar-refractivity contribution in [1.29, 1.82) is 0 Å². The number of hydrogen-bond donors (Lipinski definition) is 0. The monoisotopic (exact) mass is 345 g/mol. The minimum absolute atomic E-state index is 0.859. The van der Waals surface area contributed by atoms with Crippen LogP contribution < -0.4 is 0 Å². The Labute approximate surface area is 148 Å². The Morgan fingerprint density at radius 2 is 1.92 bits per heavy atom. The smallest absolute Gasteiger partial charge is 0.191 e. The summed E-state index contributed by atoms with van der Waals surface area (Å²) in [6.45, 7) is 2.04. The second-order valence-electron chi connectivity index (χ2n) is 6.80. The molecule has 5 nitrogen and oxygen atoms in total. The Balaban J connectivity index is 1.52. The van der Waals surface area contributed by atoms with Crippen LogP contribution in [0, 0.1) is 5.92 Å². The lowest BCUT2D eigenvalue weighted by Gasteiger charge is -2.26. The van der Waals surface area contributed by atoms with Crippen LogP contribution in [0.4, 0.5) is 0 Å². The van der Waals surface area contributed by atoms with Crippen LogP contribution in [0.5, 0.6) is 0 Å². The molecule has 0 atom stereocenters. The van der Waals surface area contributed by atoms with Crippen LogP contribution in [-0.2, 0) is 19.3 Å². The highest BCUT2D eigenvalue weighted by molar-refractivity contribution is 7.98. The fraction of sp³-hybridized carbons (Fsp3) is 0.611. The van der Waals surface area contributed by atoms with Gasteiger partial charge in [-0.2, -0.15) is 0 Å². The first-order valence-corrected chi connectivity index (χ1v) is 9.79. The molecule has 0 N–H and O–H groups in total. The Bertz CT molecular complexity index is 622. The van der Waals surface area contributed by atoms with Crippen LogP contribution >= 0.6 is 11.8 Å². The van der Waals surface area contributed by atoms with Crippen molar-refractivity contribution in [1.82, 2.24) is 24.6 Å². The van der Waals surface area contributed by atoms with Crippen LogP contribution in [0.25, 0.3) is 0 Å². The van der Waals surface area contributed by atoms with E-state index in [2.05, 4.69) is 38.7 Å². The van der Waals surface area contributed by atoms with Crippen molar-refractivity contribution in [3.05, 3.63) is 35.9 Å². The normalized spacial score (nSPS) is 16.0. The molecule has 0 amide bonds. The van der Waals surface area contributed by atoms with Crippen molar-refractivity contribution in [3.8, 4) is 0 Å². The van der Waals surface area contributed by atoms with E-state index >= 15 is 0 Å². The second-order valence-corrected chi connectivity index (χ2v) is 7.75. The molecule has 1 fully saturated rings. The SMILES string of the molecule is CN(Cc1nnc(SCc2ccncc2)n1C)CC1CCCCC1. The predicted octanol–water partition coefficient (Wildman–Crippen LogP) is 3.51. The van der Waals surface area contributed by atoms with E-state index < -0.39 is 0 Å². The van der Waals surface area contributed by atoms with Crippen molar-refractivity contribution in [2.45, 2.75) is 49.6 Å². The third-order valence-corrected chi connectivity index (χ3v) is 5.84. The molecule has 0 radical (unpaired) electrons. The van der Waals surface area contributed by atoms with Crippen LogP contribution in [0.3, 0.4) is 0 Å². The van der Waals surface area contributed by atoms with Crippen LogP contribution in [0.15, 0.2) is 29.7 Å². The lowest BCUT2D eigenvalue weighted by molar-refractivity contribution is 0.222. The molecule has 0 spiro atoms. The first kappa shape index (κ1) is 17.4. The van der Waals surface area contributed by atoms with E-state index in [1.807, 2.05) is 24.5 Å². The number of pyridine rings is 1. The van der Waals surface area contributed by atoms with Gasteiger partial charge in [0.25, 0.3) is 0 Å². The average Bonchev–Trinajstić information content (AvgIpc) is 2.95. The second kappa shape index (κ2) is 8.62. The van der Waals surface area contributed by atoms with E-state index in [0.29, 0.717) is 0 Å². The molecule has 0 saturated heterocycles. The summed E-state index contributed by atoms with van der Waals surface area (Å²) in [4.78, 5) is 6.45. The molecule has 6 heteroatoms. The third kappa shape index (κ3) is 4.80. The molecule has 0 aromatic carbocycles. The van der Waals surface area contributed by atoms with Gasteiger partial charge in [-0.15, -0.1) is 10.2 Å². The van der Waals surface area contributed by atoms with Crippen molar-refractivity contribution in [2.24, 2.45) is 13.0 Å². The maximum Gasteiger partial charge on any atom is 0.191 e. The zero-order chi connectivity index (χ0) is 16.8. The molecule has 1 aliphatic rings. The van der Waals surface area contributed by atoms with Gasteiger partial charge in [0.2, 0.25) is 0 Å². The minimum Gasteiger partial charge on any atom is -0.308 e. The highest BCUT2D eigenvalue weighted by atomic mass is 32.2. The van der Waals surface area contributed by atoms with E-state index in [-0.39, 0.29) is 0 Å². The first-order chi connectivity index (χ1) is 11.7. The van der Waals surface area contributed by atoms with Crippen molar-refractivity contribution in [3.63, 3.8) is 0 Å². The maximum absolute atomic E-state index is 4.40.